The highest BCUT2D eigenvalue weighted by atomic mass is 32.2. The Morgan fingerprint density at radius 1 is 1.18 bits per heavy atom. The van der Waals surface area contributed by atoms with Crippen LogP contribution in [-0.2, 0) is 11.4 Å². The topological polar surface area (TPSA) is 95.0 Å². The van der Waals surface area contributed by atoms with Gasteiger partial charge in [-0.25, -0.2) is 37.2 Å². The van der Waals surface area contributed by atoms with Crippen molar-refractivity contribution in [1.29, 1.82) is 0 Å². The van der Waals surface area contributed by atoms with E-state index in [9.17, 15) is 26.5 Å². The molecule has 1 saturated carbocycles. The quantitative estimate of drug-likeness (QED) is 0.258. The van der Waals surface area contributed by atoms with Crippen LogP contribution in [0.3, 0.4) is 0 Å². The summed E-state index contributed by atoms with van der Waals surface area (Å²) in [6, 6.07) is 5.21. The lowest BCUT2D eigenvalue weighted by molar-refractivity contribution is -0.122. The monoisotopic (exact) mass is 499 g/mol. The molecule has 2 unspecified atom stereocenters. The van der Waals surface area contributed by atoms with Crippen LogP contribution in [0.5, 0.6) is 11.6 Å². The van der Waals surface area contributed by atoms with Gasteiger partial charge in [0.25, 0.3) is 5.92 Å². The zero-order valence-electron chi connectivity index (χ0n) is 17.6. The molecule has 1 aliphatic rings. The molecule has 1 aliphatic carbocycles. The van der Waals surface area contributed by atoms with Gasteiger partial charge in [0.15, 0.2) is 23.1 Å². The zero-order valence-corrected chi connectivity index (χ0v) is 18.4. The first kappa shape index (κ1) is 24.0. The van der Waals surface area contributed by atoms with Gasteiger partial charge in [0.1, 0.15) is 5.75 Å². The zero-order chi connectivity index (χ0) is 24.5. The average Bonchev–Trinajstić information content (AvgIpc) is 2.83. The summed E-state index contributed by atoms with van der Waals surface area (Å²) in [6.07, 6.45) is 2.60. The summed E-state index contributed by atoms with van der Waals surface area (Å²) in [7, 11) is 1.61. The molecule has 0 radical (unpaired) electrons. The second-order valence-corrected chi connectivity index (χ2v) is 8.67. The number of alkyl halides is 2. The van der Waals surface area contributed by atoms with Crippen molar-refractivity contribution in [2.75, 3.05) is 22.8 Å². The maximum absolute atomic E-state index is 14.7. The standard InChI is InChI=1S/C21H18F5N5O2S/c1-27-20-29-8-5-14(30-20)12-3-2-7-28-19(12)33-15-9-13(22)18(17(24)16(15)23)31-34(32)10-11-4-6-21(11,25)26/h2-3,5,7-9,11,31H,4,6,10H2,1H3,(H,27,29,30). The fourth-order valence-electron chi connectivity index (χ4n) is 3.25. The number of aromatic nitrogens is 3. The third-order valence-electron chi connectivity index (χ3n) is 5.25. The van der Waals surface area contributed by atoms with Crippen molar-refractivity contribution in [2.45, 2.75) is 18.8 Å². The molecule has 1 aromatic carbocycles. The van der Waals surface area contributed by atoms with E-state index in [2.05, 4.69) is 20.3 Å². The highest BCUT2D eigenvalue weighted by Gasteiger charge is 2.50. The summed E-state index contributed by atoms with van der Waals surface area (Å²) >= 11 is -2.25. The number of nitrogens with one attached hydrogen (secondary N) is 2. The molecule has 180 valence electrons. The van der Waals surface area contributed by atoms with Gasteiger partial charge in [0.05, 0.1) is 28.5 Å². The molecule has 0 spiro atoms. The van der Waals surface area contributed by atoms with Crippen LogP contribution in [0.1, 0.15) is 12.8 Å². The number of hydrogen-bond acceptors (Lipinski definition) is 7. The minimum Gasteiger partial charge on any atom is -0.593 e. The van der Waals surface area contributed by atoms with E-state index < -0.39 is 57.8 Å². The van der Waals surface area contributed by atoms with E-state index in [0.29, 0.717) is 23.3 Å². The molecule has 7 nitrogen and oxygen atoms in total. The molecule has 2 aromatic heterocycles. The second kappa shape index (κ2) is 9.58. The number of anilines is 2. The van der Waals surface area contributed by atoms with Crippen LogP contribution < -0.4 is 14.8 Å². The number of benzene rings is 1. The Morgan fingerprint density at radius 2 is 1.97 bits per heavy atom. The molecule has 0 saturated heterocycles. The van der Waals surface area contributed by atoms with E-state index in [1.165, 1.54) is 18.5 Å². The molecular formula is C21H18F5N5O2S. The van der Waals surface area contributed by atoms with Crippen LogP contribution in [0.25, 0.3) is 11.3 Å². The molecular weight excluding hydrogens is 481 g/mol. The van der Waals surface area contributed by atoms with Crippen LogP contribution >= 0.6 is 0 Å². The van der Waals surface area contributed by atoms with Crippen molar-refractivity contribution in [3.63, 3.8) is 0 Å². The van der Waals surface area contributed by atoms with Gasteiger partial charge in [-0.1, -0.05) is 0 Å². The van der Waals surface area contributed by atoms with Gasteiger partial charge in [0, 0.05) is 31.9 Å². The van der Waals surface area contributed by atoms with Gasteiger partial charge < -0.3 is 14.6 Å². The molecule has 3 aromatic rings. The largest absolute Gasteiger partial charge is 0.593 e. The lowest BCUT2D eigenvalue weighted by atomic mass is 9.82. The average molecular weight is 499 g/mol. The van der Waals surface area contributed by atoms with Crippen LogP contribution in [0, 0.1) is 23.4 Å². The SMILES string of the molecule is CNc1nccc(-c2cccnc2Oc2cc(F)c(N[S+]([O-])CC3CCC3(F)F)c(F)c2F)n1. The van der Waals surface area contributed by atoms with Gasteiger partial charge >= 0.3 is 0 Å². The van der Waals surface area contributed by atoms with E-state index in [4.69, 9.17) is 4.74 Å². The van der Waals surface area contributed by atoms with E-state index >= 15 is 0 Å². The van der Waals surface area contributed by atoms with Crippen LogP contribution in [0.15, 0.2) is 36.7 Å². The van der Waals surface area contributed by atoms with Crippen molar-refractivity contribution in [3.05, 3.63) is 54.1 Å². The lowest BCUT2D eigenvalue weighted by Crippen LogP contribution is -2.44. The van der Waals surface area contributed by atoms with Crippen molar-refractivity contribution in [3.8, 4) is 22.9 Å². The molecule has 2 atom stereocenters. The summed E-state index contributed by atoms with van der Waals surface area (Å²) < 4.78 is 90.1. The van der Waals surface area contributed by atoms with E-state index in [0.717, 1.165) is 0 Å². The first-order valence-corrected chi connectivity index (χ1v) is 11.4. The molecule has 34 heavy (non-hydrogen) atoms. The molecule has 0 bridgehead atoms. The number of halogens is 5. The highest BCUT2D eigenvalue weighted by Crippen LogP contribution is 2.44. The maximum atomic E-state index is 14.7. The fourth-order valence-corrected chi connectivity index (χ4v) is 4.53. The Balaban J connectivity index is 1.57. The summed E-state index contributed by atoms with van der Waals surface area (Å²) in [5.41, 5.74) is -0.391. The van der Waals surface area contributed by atoms with Crippen molar-refractivity contribution in [2.24, 2.45) is 5.92 Å². The Kier molecular flexibility index (Phi) is 6.75. The highest BCUT2D eigenvalue weighted by molar-refractivity contribution is 7.92. The second-order valence-electron chi connectivity index (χ2n) is 7.44. The number of pyridine rings is 1. The summed E-state index contributed by atoms with van der Waals surface area (Å²) in [5, 5.41) is 2.76. The van der Waals surface area contributed by atoms with Crippen LogP contribution in [-0.4, -0.2) is 38.2 Å². The van der Waals surface area contributed by atoms with Gasteiger partial charge in [-0.3, -0.25) is 0 Å². The Labute approximate surface area is 194 Å². The maximum Gasteiger partial charge on any atom is 0.255 e. The number of rotatable bonds is 8. The van der Waals surface area contributed by atoms with Crippen LogP contribution in [0.4, 0.5) is 33.6 Å². The summed E-state index contributed by atoms with van der Waals surface area (Å²) in [6.45, 7) is 0. The minimum absolute atomic E-state index is 0.140. The summed E-state index contributed by atoms with van der Waals surface area (Å²) in [4.78, 5) is 12.2. The molecule has 13 heteroatoms. The normalized spacial score (nSPS) is 17.6. The Hall–Kier alpha value is -3.19. The van der Waals surface area contributed by atoms with Gasteiger partial charge in [-0.15, -0.1) is 0 Å². The third-order valence-corrected chi connectivity index (χ3v) is 6.39. The molecule has 2 heterocycles. The molecule has 2 N–H and O–H groups in total. The minimum atomic E-state index is -2.98. The van der Waals surface area contributed by atoms with Gasteiger partial charge in [-0.2, -0.15) is 4.39 Å². The molecule has 0 amide bonds. The van der Waals surface area contributed by atoms with Crippen molar-refractivity contribution < 1.29 is 31.2 Å². The lowest BCUT2D eigenvalue weighted by Gasteiger charge is -2.35. The number of hydrogen-bond donors (Lipinski definition) is 2. The third kappa shape index (κ3) is 4.85. The van der Waals surface area contributed by atoms with E-state index in [1.807, 2.05) is 4.72 Å². The predicted octanol–water partition coefficient (Wildman–Crippen LogP) is 4.91. The first-order valence-electron chi connectivity index (χ1n) is 10.0. The Morgan fingerprint density at radius 3 is 2.65 bits per heavy atom. The smallest absolute Gasteiger partial charge is 0.255 e. The van der Waals surface area contributed by atoms with E-state index in [-0.39, 0.29) is 18.7 Å². The van der Waals surface area contributed by atoms with Crippen molar-refractivity contribution in [1.82, 2.24) is 15.0 Å². The number of ether oxygens (including phenoxy) is 1. The Bertz CT molecular complexity index is 1200. The van der Waals surface area contributed by atoms with Gasteiger partial charge in [-0.05, 0) is 24.6 Å². The molecule has 1 fully saturated rings. The molecule has 0 aliphatic heterocycles. The van der Waals surface area contributed by atoms with Gasteiger partial charge in [0.2, 0.25) is 17.6 Å². The van der Waals surface area contributed by atoms with Crippen LogP contribution in [0.2, 0.25) is 0 Å². The van der Waals surface area contributed by atoms with E-state index in [1.54, 1.807) is 19.2 Å². The fraction of sp³-hybridized carbons (Fsp3) is 0.286. The number of nitrogens with zero attached hydrogens (tertiary/aromatic N) is 3. The molecule has 4 rings (SSSR count). The summed E-state index contributed by atoms with van der Waals surface area (Å²) in [5.74, 6) is -10.0. The predicted molar refractivity (Wildman–Crippen MR) is 116 cm³/mol. The first-order chi connectivity index (χ1) is 16.2. The van der Waals surface area contributed by atoms with Crippen molar-refractivity contribution >= 4 is 23.0 Å².